The number of halogens is 3. The van der Waals surface area contributed by atoms with E-state index in [-0.39, 0.29) is 36.6 Å². The van der Waals surface area contributed by atoms with Crippen molar-refractivity contribution in [3.63, 3.8) is 0 Å². The van der Waals surface area contributed by atoms with E-state index in [0.717, 1.165) is 89.3 Å². The number of rotatable bonds is 9. The number of anilines is 4. The number of nitrogens with zero attached hydrogens (tertiary/aromatic N) is 9. The van der Waals surface area contributed by atoms with Crippen LogP contribution >= 0.6 is 0 Å². The zero-order valence-corrected chi connectivity index (χ0v) is 34.4. The smallest absolute Gasteiger partial charge is 0.371 e. The third-order valence-corrected chi connectivity index (χ3v) is 13.6. The number of fused-ring (bicyclic) bond motifs is 1. The molecule has 0 radical (unpaired) electrons. The molecule has 9 rings (SSSR count). The van der Waals surface area contributed by atoms with Crippen LogP contribution in [0.2, 0.25) is 0 Å². The zero-order valence-electron chi connectivity index (χ0n) is 34.4. The number of hydrogen-bond acceptors (Lipinski definition) is 12. The number of pyridine rings is 2. The van der Waals surface area contributed by atoms with E-state index < -0.39 is 29.3 Å². The van der Waals surface area contributed by atoms with Gasteiger partial charge in [0.1, 0.15) is 17.7 Å². The number of nitriles is 1. The van der Waals surface area contributed by atoms with Crippen LogP contribution in [0.15, 0.2) is 48.7 Å². The lowest BCUT2D eigenvalue weighted by molar-refractivity contribution is -0.138. The summed E-state index contributed by atoms with van der Waals surface area (Å²) in [4.78, 5) is 72.7. The van der Waals surface area contributed by atoms with Crippen molar-refractivity contribution >= 4 is 46.6 Å². The van der Waals surface area contributed by atoms with Gasteiger partial charge in [-0.2, -0.15) is 18.4 Å². The largest absolute Gasteiger partial charge is 0.417 e. The number of piperazine rings is 1. The number of piperidine rings is 3. The number of aromatic nitrogens is 2. The molecule has 62 heavy (non-hydrogen) atoms. The fourth-order valence-electron chi connectivity index (χ4n) is 9.86. The molecule has 3 aromatic rings. The van der Waals surface area contributed by atoms with Gasteiger partial charge in [0.25, 0.3) is 5.91 Å². The van der Waals surface area contributed by atoms with Crippen LogP contribution in [-0.2, 0) is 27.1 Å². The molecule has 1 aromatic carbocycles. The molecule has 5 saturated heterocycles. The predicted octanol–water partition coefficient (Wildman–Crippen LogP) is 3.71. The van der Waals surface area contributed by atoms with Gasteiger partial charge in [0.15, 0.2) is 0 Å². The molecule has 4 amide bonds. The summed E-state index contributed by atoms with van der Waals surface area (Å²) in [6.07, 6.45) is 0.923. The van der Waals surface area contributed by atoms with Gasteiger partial charge in [0.05, 0.1) is 46.9 Å². The number of carbonyl (C=O) groups is 4. The highest BCUT2D eigenvalue weighted by Crippen LogP contribution is 2.36. The van der Waals surface area contributed by atoms with Gasteiger partial charge in [-0.15, -0.1) is 0 Å². The van der Waals surface area contributed by atoms with E-state index in [0.29, 0.717) is 67.1 Å². The lowest BCUT2D eigenvalue weighted by atomic mass is 9.95. The van der Waals surface area contributed by atoms with E-state index in [4.69, 9.17) is 10.2 Å². The molecule has 0 saturated carbocycles. The minimum absolute atomic E-state index is 0.147. The van der Waals surface area contributed by atoms with E-state index in [1.165, 1.54) is 17.0 Å². The van der Waals surface area contributed by atoms with E-state index in [1.54, 1.807) is 6.07 Å². The van der Waals surface area contributed by atoms with Crippen molar-refractivity contribution in [2.75, 3.05) is 92.0 Å². The zero-order chi connectivity index (χ0) is 43.1. The fraction of sp³-hybridized carbons (Fsp3) is 0.523. The van der Waals surface area contributed by atoms with E-state index in [9.17, 15) is 32.3 Å². The van der Waals surface area contributed by atoms with Gasteiger partial charge < -0.3 is 29.8 Å². The second-order valence-corrected chi connectivity index (χ2v) is 17.4. The maximum Gasteiger partial charge on any atom is 0.417 e. The first-order valence-corrected chi connectivity index (χ1v) is 21.6. The maximum atomic E-state index is 13.5. The molecular formula is C44H50F3N11O4. The Labute approximate surface area is 357 Å². The van der Waals surface area contributed by atoms with Gasteiger partial charge >= 0.3 is 6.18 Å². The Morgan fingerprint density at radius 2 is 1.56 bits per heavy atom. The average molecular weight is 854 g/mol. The molecule has 326 valence electrons. The lowest BCUT2D eigenvalue weighted by Gasteiger charge is -2.49. The molecule has 15 nitrogen and oxygen atoms in total. The number of nitrogens with one attached hydrogen (secondary N) is 2. The predicted molar refractivity (Wildman–Crippen MR) is 223 cm³/mol. The molecular weight excluding hydrogens is 804 g/mol. The number of imide groups is 1. The third-order valence-electron chi connectivity index (χ3n) is 13.6. The Kier molecular flexibility index (Phi) is 11.5. The van der Waals surface area contributed by atoms with Gasteiger partial charge in [0.2, 0.25) is 17.7 Å². The Bertz CT molecular complexity index is 2240. The highest BCUT2D eigenvalue weighted by atomic mass is 19.4. The van der Waals surface area contributed by atoms with Gasteiger partial charge in [-0.05, 0) is 80.5 Å². The molecule has 2 aromatic heterocycles. The number of amides is 4. The van der Waals surface area contributed by atoms with Crippen molar-refractivity contribution < 1.29 is 32.3 Å². The SMILES string of the molecule is N#Cc1ccc(N2CCC(C(=O)Nc3ccc(N4CCC(CN5CCN(C6CN(c7ccc8c(n7)CN(C7CCC(=O)NC7=O)C8=O)C6)CC5)CC4)cn3)CC2)cc1C(F)(F)F. The normalized spacial score (nSPS) is 22.4. The van der Waals surface area contributed by atoms with Crippen LogP contribution in [0.4, 0.5) is 36.2 Å². The Balaban J connectivity index is 0.670. The maximum absolute atomic E-state index is 13.5. The number of carbonyl (C=O) groups excluding carboxylic acids is 4. The average Bonchev–Trinajstić information content (AvgIpc) is 3.58. The molecule has 8 heterocycles. The van der Waals surface area contributed by atoms with Crippen LogP contribution in [0.25, 0.3) is 0 Å². The fourth-order valence-corrected chi connectivity index (χ4v) is 9.86. The molecule has 1 unspecified atom stereocenters. The summed E-state index contributed by atoms with van der Waals surface area (Å²) in [7, 11) is 0. The Morgan fingerprint density at radius 1 is 0.855 bits per heavy atom. The summed E-state index contributed by atoms with van der Waals surface area (Å²) in [5.74, 6) is 0.602. The Hall–Kier alpha value is -5.80. The molecule has 2 N–H and O–H groups in total. The van der Waals surface area contributed by atoms with E-state index in [2.05, 4.69) is 35.2 Å². The molecule has 18 heteroatoms. The molecule has 6 aliphatic heterocycles. The lowest BCUT2D eigenvalue weighted by Crippen LogP contribution is -2.63. The topological polar surface area (TPSA) is 161 Å². The summed E-state index contributed by atoms with van der Waals surface area (Å²) < 4.78 is 40.4. The van der Waals surface area contributed by atoms with Crippen molar-refractivity contribution in [2.45, 2.75) is 63.3 Å². The van der Waals surface area contributed by atoms with E-state index >= 15 is 0 Å². The monoisotopic (exact) mass is 853 g/mol. The molecule has 0 bridgehead atoms. The van der Waals surface area contributed by atoms with Gasteiger partial charge in [-0.25, -0.2) is 9.97 Å². The number of hydrogen-bond donors (Lipinski definition) is 2. The van der Waals surface area contributed by atoms with Crippen molar-refractivity contribution in [3.05, 3.63) is 71.0 Å². The summed E-state index contributed by atoms with van der Waals surface area (Å²) in [5, 5.41) is 14.4. The minimum atomic E-state index is -4.62. The van der Waals surface area contributed by atoms with Crippen LogP contribution in [0.1, 0.15) is 65.7 Å². The minimum Gasteiger partial charge on any atom is -0.371 e. The molecule has 1 atom stereocenters. The van der Waals surface area contributed by atoms with Crippen LogP contribution in [0.3, 0.4) is 0 Å². The Morgan fingerprint density at radius 3 is 2.24 bits per heavy atom. The van der Waals surface area contributed by atoms with Gasteiger partial charge in [0, 0.05) is 96.1 Å². The van der Waals surface area contributed by atoms with Crippen LogP contribution in [-0.4, -0.2) is 132 Å². The summed E-state index contributed by atoms with van der Waals surface area (Å²) in [6.45, 7) is 10.0. The quantitative estimate of drug-likeness (QED) is 0.301. The number of benzene rings is 1. The van der Waals surface area contributed by atoms with Crippen LogP contribution < -0.4 is 25.3 Å². The first kappa shape index (κ1) is 41.5. The first-order chi connectivity index (χ1) is 29.9. The standard InChI is InChI=1S/C44H50F3N11O4/c45-44(46,47)35-21-31(2-1-30(35)22-48)54-15-11-29(12-16-54)41(60)51-38-6-3-32(23-49-38)55-13-9-28(10-14-55)24-53-17-19-56(20-18-53)33-25-57(26-33)39-7-4-34-36(50-39)27-58(43(34)62)37-5-8-40(59)52-42(37)61/h1-4,6-7,21,23,28-29,33,37H,5,8-20,24-27H2,(H,49,51,60)(H,52,59,61). The summed E-state index contributed by atoms with van der Waals surface area (Å²) in [5.41, 5.74) is 1.28. The molecule has 0 aliphatic carbocycles. The van der Waals surface area contributed by atoms with Crippen molar-refractivity contribution in [1.29, 1.82) is 5.26 Å². The second-order valence-electron chi connectivity index (χ2n) is 17.4. The first-order valence-electron chi connectivity index (χ1n) is 21.6. The van der Waals surface area contributed by atoms with Crippen LogP contribution in [0, 0.1) is 23.2 Å². The third kappa shape index (κ3) is 8.65. The second kappa shape index (κ2) is 17.2. The highest BCUT2D eigenvalue weighted by Gasteiger charge is 2.41. The van der Waals surface area contributed by atoms with Crippen molar-refractivity contribution in [2.24, 2.45) is 11.8 Å². The molecule has 6 aliphatic rings. The number of alkyl halides is 3. The van der Waals surface area contributed by atoms with Crippen LogP contribution in [0.5, 0.6) is 0 Å². The van der Waals surface area contributed by atoms with Gasteiger partial charge in [-0.1, -0.05) is 0 Å². The highest BCUT2D eigenvalue weighted by molar-refractivity contribution is 6.05. The molecule has 5 fully saturated rings. The van der Waals surface area contributed by atoms with Crippen molar-refractivity contribution in [1.82, 2.24) is 30.0 Å². The summed E-state index contributed by atoms with van der Waals surface area (Å²) >= 11 is 0. The van der Waals surface area contributed by atoms with Gasteiger partial charge in [-0.3, -0.25) is 29.4 Å². The molecule has 0 spiro atoms. The van der Waals surface area contributed by atoms with E-state index in [1.807, 2.05) is 35.4 Å². The summed E-state index contributed by atoms with van der Waals surface area (Å²) in [6, 6.07) is 12.7. The van der Waals surface area contributed by atoms with Crippen molar-refractivity contribution in [3.8, 4) is 6.07 Å².